The fourth-order valence-electron chi connectivity index (χ4n) is 1.93. The van der Waals surface area contributed by atoms with Gasteiger partial charge in [0.15, 0.2) is 0 Å². The van der Waals surface area contributed by atoms with E-state index in [1.54, 1.807) is 12.3 Å². The molecule has 0 saturated heterocycles. The molecule has 1 aromatic heterocycles. The highest BCUT2D eigenvalue weighted by molar-refractivity contribution is 5.92. The van der Waals surface area contributed by atoms with Crippen LogP contribution < -0.4 is 10.6 Å². The van der Waals surface area contributed by atoms with Gasteiger partial charge in [0.25, 0.3) is 5.91 Å². The third kappa shape index (κ3) is 7.66. The summed E-state index contributed by atoms with van der Waals surface area (Å²) in [5.74, 6) is -0.0924. The summed E-state index contributed by atoms with van der Waals surface area (Å²) in [6, 6.07) is 3.67. The number of aromatic nitrogens is 1. The first kappa shape index (κ1) is 17.4. The fourth-order valence-corrected chi connectivity index (χ4v) is 1.93. The van der Waals surface area contributed by atoms with Crippen molar-refractivity contribution in [1.29, 1.82) is 0 Å². The maximum Gasteiger partial charge on any atom is 0.269 e. The number of amides is 1. The maximum absolute atomic E-state index is 11.9. The normalized spacial score (nSPS) is 10.7. The van der Waals surface area contributed by atoms with Crippen LogP contribution in [-0.2, 0) is 0 Å². The smallest absolute Gasteiger partial charge is 0.269 e. The molecule has 0 bridgehead atoms. The molecule has 0 fully saturated rings. The predicted molar refractivity (Wildman–Crippen MR) is 87.8 cm³/mol. The monoisotopic (exact) mass is 292 g/mol. The van der Waals surface area contributed by atoms with Crippen LogP contribution in [0.4, 0.5) is 5.69 Å². The van der Waals surface area contributed by atoms with Crippen molar-refractivity contribution >= 4 is 11.6 Å². The summed E-state index contributed by atoms with van der Waals surface area (Å²) in [5.41, 5.74) is 1.43. The van der Waals surface area contributed by atoms with Crippen LogP contribution in [0.5, 0.6) is 0 Å². The molecule has 0 aliphatic heterocycles. The van der Waals surface area contributed by atoms with Crippen LogP contribution in [0.3, 0.4) is 0 Å². The van der Waals surface area contributed by atoms with Gasteiger partial charge < -0.3 is 15.5 Å². The molecule has 1 aromatic rings. The summed E-state index contributed by atoms with van der Waals surface area (Å²) in [5, 5.41) is 6.20. The number of nitrogens with one attached hydrogen (secondary N) is 2. The molecule has 0 aliphatic carbocycles. The molecule has 0 unspecified atom stereocenters. The molecule has 1 heterocycles. The topological polar surface area (TPSA) is 57.3 Å². The van der Waals surface area contributed by atoms with E-state index >= 15 is 0 Å². The number of rotatable bonds is 10. The Hall–Kier alpha value is -1.62. The number of pyridine rings is 1. The summed E-state index contributed by atoms with van der Waals surface area (Å²) in [4.78, 5) is 18.2. The highest BCUT2D eigenvalue weighted by Gasteiger charge is 2.05. The summed E-state index contributed by atoms with van der Waals surface area (Å²) in [6.07, 6.45) is 6.11. The lowest BCUT2D eigenvalue weighted by Crippen LogP contribution is -2.25. The Kier molecular flexibility index (Phi) is 8.43. The molecule has 1 rings (SSSR count). The second-order valence-electron chi connectivity index (χ2n) is 5.48. The Morgan fingerprint density at radius 2 is 2.00 bits per heavy atom. The number of hydrogen-bond acceptors (Lipinski definition) is 4. The van der Waals surface area contributed by atoms with Gasteiger partial charge >= 0.3 is 0 Å². The molecule has 0 atom stereocenters. The van der Waals surface area contributed by atoms with E-state index in [2.05, 4.69) is 41.5 Å². The lowest BCUT2D eigenvalue weighted by molar-refractivity contribution is 0.0948. The van der Waals surface area contributed by atoms with Crippen LogP contribution in [-0.4, -0.2) is 49.5 Å². The van der Waals surface area contributed by atoms with Crippen LogP contribution in [0, 0.1) is 0 Å². The van der Waals surface area contributed by atoms with Gasteiger partial charge in [-0.25, -0.2) is 4.98 Å². The third-order valence-electron chi connectivity index (χ3n) is 3.17. The van der Waals surface area contributed by atoms with E-state index in [4.69, 9.17) is 0 Å². The van der Waals surface area contributed by atoms with E-state index in [-0.39, 0.29) is 5.91 Å². The summed E-state index contributed by atoms with van der Waals surface area (Å²) < 4.78 is 0. The van der Waals surface area contributed by atoms with Gasteiger partial charge in [-0.3, -0.25) is 4.79 Å². The summed E-state index contributed by atoms with van der Waals surface area (Å²) in [7, 11) is 4.13. The quantitative estimate of drug-likeness (QED) is 0.650. The van der Waals surface area contributed by atoms with E-state index in [0.717, 1.165) is 51.0 Å². The first-order chi connectivity index (χ1) is 10.1. The molecule has 0 aliphatic rings. The van der Waals surface area contributed by atoms with Crippen molar-refractivity contribution in [3.05, 3.63) is 24.0 Å². The number of carbonyl (C=O) groups excluding carboxylic acids is 1. The molecule has 5 heteroatoms. The van der Waals surface area contributed by atoms with E-state index in [0.29, 0.717) is 5.69 Å². The highest BCUT2D eigenvalue weighted by Crippen LogP contribution is 2.06. The average Bonchev–Trinajstić information content (AvgIpc) is 2.48. The molecule has 0 spiro atoms. The average molecular weight is 292 g/mol. The van der Waals surface area contributed by atoms with E-state index in [1.807, 2.05) is 6.07 Å². The molecule has 0 radical (unpaired) electrons. The van der Waals surface area contributed by atoms with E-state index in [9.17, 15) is 4.79 Å². The van der Waals surface area contributed by atoms with Crippen LogP contribution in [0.25, 0.3) is 0 Å². The van der Waals surface area contributed by atoms with Gasteiger partial charge in [0.1, 0.15) is 5.69 Å². The molecule has 1 amide bonds. The Labute approximate surface area is 128 Å². The van der Waals surface area contributed by atoms with Crippen LogP contribution in [0.2, 0.25) is 0 Å². The van der Waals surface area contributed by atoms with Gasteiger partial charge in [-0.05, 0) is 45.6 Å². The van der Waals surface area contributed by atoms with Crippen LogP contribution >= 0.6 is 0 Å². The number of anilines is 1. The molecule has 2 N–H and O–H groups in total. The van der Waals surface area contributed by atoms with Gasteiger partial charge in [0.05, 0.1) is 11.9 Å². The standard InChI is InChI=1S/C16H28N4O/c1-4-5-6-10-18-16(21)15-9-8-14(13-19-15)17-11-7-12-20(2)3/h8-9,13,17H,4-7,10-12H2,1-3H3,(H,18,21). The first-order valence-electron chi connectivity index (χ1n) is 7.76. The first-order valence-corrected chi connectivity index (χ1v) is 7.76. The van der Waals surface area contributed by atoms with Gasteiger partial charge in [0.2, 0.25) is 0 Å². The van der Waals surface area contributed by atoms with Crippen LogP contribution in [0.15, 0.2) is 18.3 Å². The van der Waals surface area contributed by atoms with Crippen molar-refractivity contribution < 1.29 is 4.79 Å². The van der Waals surface area contributed by atoms with E-state index in [1.165, 1.54) is 0 Å². The molecule has 118 valence electrons. The van der Waals surface area contributed by atoms with Crippen molar-refractivity contribution in [2.45, 2.75) is 32.6 Å². The lowest BCUT2D eigenvalue weighted by Gasteiger charge is -2.10. The van der Waals surface area contributed by atoms with Crippen molar-refractivity contribution in [2.24, 2.45) is 0 Å². The minimum absolute atomic E-state index is 0.0924. The molecule has 0 aromatic carbocycles. The Morgan fingerprint density at radius 1 is 1.19 bits per heavy atom. The van der Waals surface area contributed by atoms with Gasteiger partial charge in [-0.2, -0.15) is 0 Å². The SMILES string of the molecule is CCCCCNC(=O)c1ccc(NCCCN(C)C)cn1. The van der Waals surface area contributed by atoms with Gasteiger partial charge in [-0.1, -0.05) is 19.8 Å². The zero-order valence-electron chi connectivity index (χ0n) is 13.5. The largest absolute Gasteiger partial charge is 0.384 e. The second-order valence-corrected chi connectivity index (χ2v) is 5.48. The zero-order valence-corrected chi connectivity index (χ0v) is 13.5. The van der Waals surface area contributed by atoms with Crippen molar-refractivity contribution in [2.75, 3.05) is 39.0 Å². The van der Waals surface area contributed by atoms with Crippen LogP contribution in [0.1, 0.15) is 43.1 Å². The predicted octanol–water partition coefficient (Wildman–Crippen LogP) is 2.37. The maximum atomic E-state index is 11.9. The van der Waals surface area contributed by atoms with Gasteiger partial charge in [0, 0.05) is 13.1 Å². The third-order valence-corrected chi connectivity index (χ3v) is 3.17. The number of hydrogen-bond donors (Lipinski definition) is 2. The minimum atomic E-state index is -0.0924. The fraction of sp³-hybridized carbons (Fsp3) is 0.625. The highest BCUT2D eigenvalue weighted by atomic mass is 16.1. The van der Waals surface area contributed by atoms with Crippen molar-refractivity contribution in [1.82, 2.24) is 15.2 Å². The zero-order chi connectivity index (χ0) is 15.5. The van der Waals surface area contributed by atoms with Gasteiger partial charge in [-0.15, -0.1) is 0 Å². The minimum Gasteiger partial charge on any atom is -0.384 e. The Balaban J connectivity index is 2.30. The second kappa shape index (κ2) is 10.2. The molecular formula is C16H28N4O. The molecule has 5 nitrogen and oxygen atoms in total. The van der Waals surface area contributed by atoms with Crippen molar-refractivity contribution in [3.8, 4) is 0 Å². The number of carbonyl (C=O) groups is 1. The molecule has 21 heavy (non-hydrogen) atoms. The molecule has 0 saturated carbocycles. The summed E-state index contributed by atoms with van der Waals surface area (Å²) >= 11 is 0. The Morgan fingerprint density at radius 3 is 2.62 bits per heavy atom. The summed E-state index contributed by atoms with van der Waals surface area (Å²) in [6.45, 7) is 4.83. The number of unbranched alkanes of at least 4 members (excludes halogenated alkanes) is 2. The molecular weight excluding hydrogens is 264 g/mol. The van der Waals surface area contributed by atoms with Crippen molar-refractivity contribution in [3.63, 3.8) is 0 Å². The van der Waals surface area contributed by atoms with E-state index < -0.39 is 0 Å². The lowest BCUT2D eigenvalue weighted by atomic mass is 10.2. The number of nitrogens with zero attached hydrogens (tertiary/aromatic N) is 2. The Bertz CT molecular complexity index is 403.